The zero-order valence-electron chi connectivity index (χ0n) is 25.7. The van der Waals surface area contributed by atoms with Gasteiger partial charge in [0.25, 0.3) is 5.56 Å². The number of fused-ring (bicyclic) bond motifs is 10. The number of carbonyl (C=O) groups is 2. The molecule has 3 aromatic carbocycles. The summed E-state index contributed by atoms with van der Waals surface area (Å²) in [6.45, 7) is 4.37. The minimum atomic E-state index is -2.61. The SMILES string of the molecule is C=S(=O)(c1ccc2cc1CN(C)C(=O)[C@H](Nc1ccc3cc[nH]c(=O)c3c1)c1ccc(c(C)c1)[C@@H](CC)COC(=O)N2)C1CC1. The first kappa shape index (κ1) is 30.5. The molecule has 0 radical (unpaired) electrons. The second kappa shape index (κ2) is 12.1. The van der Waals surface area contributed by atoms with Crippen molar-refractivity contribution < 1.29 is 18.5 Å². The van der Waals surface area contributed by atoms with Gasteiger partial charge in [0.05, 0.1) is 0 Å². The summed E-state index contributed by atoms with van der Waals surface area (Å²) in [5.74, 6) is 3.86. The number of pyridine rings is 1. The van der Waals surface area contributed by atoms with Crippen LogP contribution in [0.3, 0.4) is 0 Å². The minimum Gasteiger partial charge on any atom is -0.449 e. The highest BCUT2D eigenvalue weighted by atomic mass is 32.2. The molecule has 2 aliphatic heterocycles. The number of aromatic amines is 1. The number of carbonyl (C=O) groups excluding carboxylic acids is 2. The Morgan fingerprint density at radius 3 is 2.58 bits per heavy atom. The van der Waals surface area contributed by atoms with Crippen LogP contribution in [0, 0.1) is 6.92 Å². The number of H-pyrrole nitrogens is 1. The van der Waals surface area contributed by atoms with Crippen molar-refractivity contribution in [3.63, 3.8) is 0 Å². The van der Waals surface area contributed by atoms with Crippen LogP contribution in [0.5, 0.6) is 0 Å². The van der Waals surface area contributed by atoms with Crippen LogP contribution in [0.1, 0.15) is 60.4 Å². The molecule has 3 aliphatic rings. The van der Waals surface area contributed by atoms with Gasteiger partial charge in [-0.1, -0.05) is 31.2 Å². The molecule has 1 fully saturated rings. The van der Waals surface area contributed by atoms with Crippen molar-refractivity contribution in [2.75, 3.05) is 24.3 Å². The molecule has 0 spiro atoms. The predicted molar refractivity (Wildman–Crippen MR) is 180 cm³/mol. The Morgan fingerprint density at radius 2 is 1.84 bits per heavy atom. The number of amides is 2. The van der Waals surface area contributed by atoms with Crippen molar-refractivity contribution in [1.29, 1.82) is 0 Å². The molecule has 234 valence electrons. The van der Waals surface area contributed by atoms with E-state index in [1.165, 1.54) is 0 Å². The summed E-state index contributed by atoms with van der Waals surface area (Å²) in [4.78, 5) is 44.6. The topological polar surface area (TPSA) is 121 Å². The molecular formula is C35H38N4O5S. The van der Waals surface area contributed by atoms with Gasteiger partial charge in [-0.25, -0.2) is 4.79 Å². The molecule has 3 N–H and O–H groups in total. The van der Waals surface area contributed by atoms with E-state index in [1.807, 2.05) is 50.2 Å². The molecule has 4 aromatic rings. The molecule has 1 aliphatic carbocycles. The van der Waals surface area contributed by atoms with Crippen LogP contribution in [0.4, 0.5) is 16.2 Å². The summed E-state index contributed by atoms with van der Waals surface area (Å²) in [5.41, 5.74) is 4.32. The van der Waals surface area contributed by atoms with Crippen LogP contribution in [0.2, 0.25) is 0 Å². The molecule has 10 heteroatoms. The molecule has 1 saturated carbocycles. The molecule has 4 bridgehead atoms. The lowest BCUT2D eigenvalue weighted by Crippen LogP contribution is -2.35. The maximum absolute atomic E-state index is 14.4. The van der Waals surface area contributed by atoms with Crippen molar-refractivity contribution in [3.05, 3.63) is 99.5 Å². The number of anilines is 2. The van der Waals surface area contributed by atoms with E-state index in [4.69, 9.17) is 4.74 Å². The van der Waals surface area contributed by atoms with Crippen LogP contribution in [0.25, 0.3) is 10.8 Å². The van der Waals surface area contributed by atoms with Crippen molar-refractivity contribution in [1.82, 2.24) is 9.88 Å². The number of nitrogens with zero attached hydrogens (tertiary/aromatic N) is 1. The van der Waals surface area contributed by atoms with Gasteiger partial charge in [0.15, 0.2) is 0 Å². The number of ether oxygens (including phenoxy) is 1. The Bertz CT molecular complexity index is 1960. The average molecular weight is 627 g/mol. The number of rotatable bonds is 5. The fourth-order valence-electron chi connectivity index (χ4n) is 6.12. The quantitative estimate of drug-likeness (QED) is 0.236. The number of benzene rings is 3. The van der Waals surface area contributed by atoms with E-state index in [-0.39, 0.29) is 35.8 Å². The molecule has 7 rings (SSSR count). The fourth-order valence-corrected chi connectivity index (χ4v) is 8.24. The van der Waals surface area contributed by atoms with E-state index in [9.17, 15) is 18.6 Å². The van der Waals surface area contributed by atoms with Gasteiger partial charge in [-0.2, -0.15) is 0 Å². The summed E-state index contributed by atoms with van der Waals surface area (Å²) in [7, 11) is -0.900. The maximum Gasteiger partial charge on any atom is 0.411 e. The summed E-state index contributed by atoms with van der Waals surface area (Å²) in [6.07, 6.45) is 3.47. The lowest BCUT2D eigenvalue weighted by Gasteiger charge is -2.28. The third-order valence-electron chi connectivity index (χ3n) is 8.83. The first-order chi connectivity index (χ1) is 21.5. The van der Waals surface area contributed by atoms with E-state index in [2.05, 4.69) is 21.5 Å². The van der Waals surface area contributed by atoms with Crippen molar-refractivity contribution in [2.24, 2.45) is 0 Å². The Hall–Kier alpha value is -4.57. The zero-order chi connectivity index (χ0) is 31.9. The van der Waals surface area contributed by atoms with Crippen LogP contribution < -0.4 is 16.2 Å². The second-order valence-corrected chi connectivity index (χ2v) is 14.6. The zero-order valence-corrected chi connectivity index (χ0v) is 26.5. The Labute approximate surface area is 263 Å². The van der Waals surface area contributed by atoms with E-state index < -0.39 is 21.7 Å². The van der Waals surface area contributed by atoms with Gasteiger partial charge in [-0.3, -0.25) is 19.1 Å². The number of hydrogen-bond donors (Lipinski definition) is 3. The lowest BCUT2D eigenvalue weighted by atomic mass is 9.90. The number of nitrogens with one attached hydrogen (secondary N) is 3. The molecule has 1 unspecified atom stereocenters. The highest BCUT2D eigenvalue weighted by Gasteiger charge is 2.34. The molecule has 0 saturated heterocycles. The third-order valence-corrected chi connectivity index (χ3v) is 11.5. The summed E-state index contributed by atoms with van der Waals surface area (Å²) < 4.78 is 19.5. The fraction of sp³-hybridized carbons (Fsp3) is 0.314. The smallest absolute Gasteiger partial charge is 0.411 e. The van der Waals surface area contributed by atoms with Crippen LogP contribution >= 0.6 is 0 Å². The lowest BCUT2D eigenvalue weighted by molar-refractivity contribution is -0.131. The summed E-state index contributed by atoms with van der Waals surface area (Å²) in [6, 6.07) is 17.6. The Morgan fingerprint density at radius 1 is 1.04 bits per heavy atom. The first-order valence-electron chi connectivity index (χ1n) is 15.2. The highest BCUT2D eigenvalue weighted by molar-refractivity contribution is 8.01. The van der Waals surface area contributed by atoms with E-state index in [1.54, 1.807) is 42.4 Å². The minimum absolute atomic E-state index is 0.00294. The largest absolute Gasteiger partial charge is 0.449 e. The molecule has 1 aromatic heterocycles. The molecule has 45 heavy (non-hydrogen) atoms. The molecule has 3 heterocycles. The molecule has 2 amide bonds. The number of likely N-dealkylation sites (N-methyl/N-ethyl adjacent to an activating group) is 1. The average Bonchev–Trinajstić information content (AvgIpc) is 3.87. The van der Waals surface area contributed by atoms with Crippen LogP contribution in [-0.4, -0.2) is 50.9 Å². The van der Waals surface area contributed by atoms with Crippen molar-refractivity contribution in [3.8, 4) is 0 Å². The summed E-state index contributed by atoms with van der Waals surface area (Å²) >= 11 is 0. The van der Waals surface area contributed by atoms with E-state index >= 15 is 0 Å². The molecule has 3 atom stereocenters. The van der Waals surface area contributed by atoms with Crippen LogP contribution in [0.15, 0.2) is 76.6 Å². The van der Waals surface area contributed by atoms with E-state index in [0.29, 0.717) is 27.2 Å². The summed E-state index contributed by atoms with van der Waals surface area (Å²) in [5, 5.41) is 7.52. The van der Waals surface area contributed by atoms with E-state index in [0.717, 1.165) is 41.3 Å². The number of aromatic nitrogens is 1. The standard InChI is InChI=1S/C35H38N4O5S/c1-5-22-20-44-35(42)38-26-9-13-31(45(4,43)28-10-11-28)25(17-26)19-39(3)34(41)32(24-7-12-29(22)21(2)16-24)37-27-8-6-23-14-15-36-33(40)30(23)18-27/h6-9,12-18,22,28,32,37H,4-5,10-11,19-20H2,1-3H3,(H,36,40)(H,38,42)/t22-,32+,45?/m0/s1. The third kappa shape index (κ3) is 6.20. The van der Waals surface area contributed by atoms with Gasteiger partial charge in [-0.05, 0) is 106 Å². The van der Waals surface area contributed by atoms with Crippen LogP contribution in [-0.2, 0) is 25.6 Å². The van der Waals surface area contributed by atoms with Gasteiger partial charge in [0.2, 0.25) is 5.91 Å². The Balaban J connectivity index is 1.45. The first-order valence-corrected chi connectivity index (χ1v) is 17.0. The molecule has 9 nitrogen and oxygen atoms in total. The number of aryl methyl sites for hydroxylation is 1. The van der Waals surface area contributed by atoms with Gasteiger partial charge >= 0.3 is 6.09 Å². The van der Waals surface area contributed by atoms with Crippen molar-refractivity contribution in [2.45, 2.75) is 61.8 Å². The Kier molecular flexibility index (Phi) is 8.18. The monoisotopic (exact) mass is 626 g/mol. The second-order valence-electron chi connectivity index (χ2n) is 12.1. The maximum atomic E-state index is 14.4. The predicted octanol–water partition coefficient (Wildman–Crippen LogP) is 5.94. The van der Waals surface area contributed by atoms with Gasteiger partial charge in [0, 0.05) is 52.6 Å². The van der Waals surface area contributed by atoms with Gasteiger partial charge in [-0.15, -0.1) is 0 Å². The van der Waals surface area contributed by atoms with Gasteiger partial charge < -0.3 is 19.9 Å². The van der Waals surface area contributed by atoms with Crippen molar-refractivity contribution >= 4 is 49.5 Å². The normalized spacial score (nSPS) is 20.4. The van der Waals surface area contributed by atoms with Gasteiger partial charge in [0.1, 0.15) is 12.6 Å². The molecular weight excluding hydrogens is 588 g/mol. The number of hydrogen-bond acceptors (Lipinski definition) is 6. The highest BCUT2D eigenvalue weighted by Crippen LogP contribution is 2.37.